The van der Waals surface area contributed by atoms with E-state index >= 15 is 0 Å². The summed E-state index contributed by atoms with van der Waals surface area (Å²) in [5, 5.41) is 0. The third-order valence-corrected chi connectivity index (χ3v) is 0.491. The minimum atomic E-state index is -0.769. The van der Waals surface area contributed by atoms with E-state index in [9.17, 15) is 9.18 Å². The molecule has 0 spiro atoms. The summed E-state index contributed by atoms with van der Waals surface area (Å²) in [6.07, 6.45) is 0.322. The fourth-order valence-electron chi connectivity index (χ4n) is 0.0639. The van der Waals surface area contributed by atoms with Crippen molar-refractivity contribution >= 4 is 6.29 Å². The zero-order valence-corrected chi connectivity index (χ0v) is 3.78. The molecule has 0 unspecified atom stereocenters. The summed E-state index contributed by atoms with van der Waals surface area (Å²) in [6, 6.07) is 0. The highest BCUT2D eigenvalue weighted by molar-refractivity contribution is 5.77. The minimum absolute atomic E-state index is 0.194. The lowest BCUT2D eigenvalue weighted by molar-refractivity contribution is -0.104. The number of hydrogen-bond donors (Lipinski definition) is 0. The first-order chi connectivity index (χ1) is 3.18. The highest BCUT2D eigenvalue weighted by Gasteiger charge is 1.91. The molecule has 38 valence electrons. The molecule has 0 fully saturated rings. The lowest BCUT2D eigenvalue weighted by Crippen LogP contribution is -1.77. The molecule has 0 aromatic heterocycles. The number of halogens is 1. The van der Waals surface area contributed by atoms with E-state index in [2.05, 4.69) is 13.2 Å². The largest absolute Gasteiger partial charge is 0.298 e. The quantitative estimate of drug-likeness (QED) is 0.289. The molecule has 0 aromatic rings. The summed E-state index contributed by atoms with van der Waals surface area (Å²) in [4.78, 5) is 9.55. The average molecular weight is 100 g/mol. The van der Waals surface area contributed by atoms with Crippen LogP contribution in [-0.4, -0.2) is 6.29 Å². The van der Waals surface area contributed by atoms with Crippen molar-refractivity contribution in [3.63, 3.8) is 0 Å². The topological polar surface area (TPSA) is 17.1 Å². The van der Waals surface area contributed by atoms with Crippen LogP contribution in [0.25, 0.3) is 0 Å². The Bertz CT molecular complexity index is 115. The van der Waals surface area contributed by atoms with Crippen molar-refractivity contribution < 1.29 is 9.18 Å². The molecule has 0 heterocycles. The maximum atomic E-state index is 11.6. The molecular formula is C5H5FO. The maximum Gasteiger partial charge on any atom is 0.152 e. The highest BCUT2D eigenvalue weighted by Crippen LogP contribution is 2.00. The van der Waals surface area contributed by atoms with E-state index in [4.69, 9.17) is 0 Å². The lowest BCUT2D eigenvalue weighted by Gasteiger charge is -1.82. The van der Waals surface area contributed by atoms with Crippen molar-refractivity contribution in [1.82, 2.24) is 0 Å². The van der Waals surface area contributed by atoms with Gasteiger partial charge in [0.2, 0.25) is 0 Å². The van der Waals surface area contributed by atoms with Gasteiger partial charge in [0.25, 0.3) is 0 Å². The fraction of sp³-hybridized carbons (Fsp3) is 0. The third-order valence-electron chi connectivity index (χ3n) is 0.491. The molecule has 0 saturated heterocycles. The molecule has 0 saturated carbocycles. The Balaban J connectivity index is 3.81. The third kappa shape index (κ3) is 1.87. The second-order valence-corrected chi connectivity index (χ2v) is 1.05. The van der Waals surface area contributed by atoms with Crippen LogP contribution in [0.2, 0.25) is 0 Å². The van der Waals surface area contributed by atoms with Gasteiger partial charge in [-0.3, -0.25) is 4.79 Å². The van der Waals surface area contributed by atoms with Crippen molar-refractivity contribution in [1.29, 1.82) is 0 Å². The number of carbonyl (C=O) groups excluding carboxylic acids is 1. The van der Waals surface area contributed by atoms with Crippen LogP contribution in [-0.2, 0) is 4.79 Å². The van der Waals surface area contributed by atoms with Crippen LogP contribution < -0.4 is 0 Å². The fourth-order valence-corrected chi connectivity index (χ4v) is 0.0639. The summed E-state index contributed by atoms with van der Waals surface area (Å²) in [6.45, 7) is 5.86. The van der Waals surface area contributed by atoms with Gasteiger partial charge >= 0.3 is 0 Å². The Kier molecular flexibility index (Phi) is 1.99. The van der Waals surface area contributed by atoms with Gasteiger partial charge in [0.15, 0.2) is 6.29 Å². The second-order valence-electron chi connectivity index (χ2n) is 1.05. The van der Waals surface area contributed by atoms with Gasteiger partial charge in [-0.25, -0.2) is 4.39 Å². The monoisotopic (exact) mass is 100 g/mol. The van der Waals surface area contributed by atoms with Gasteiger partial charge < -0.3 is 0 Å². The molecule has 1 nitrogen and oxygen atoms in total. The summed E-state index contributed by atoms with van der Waals surface area (Å²) in [7, 11) is 0. The normalized spacial score (nSPS) is 7.57. The molecule has 0 radical (unpaired) electrons. The number of hydrogen-bond acceptors (Lipinski definition) is 1. The van der Waals surface area contributed by atoms with Crippen molar-refractivity contribution in [2.75, 3.05) is 0 Å². The van der Waals surface area contributed by atoms with Crippen molar-refractivity contribution in [3.8, 4) is 0 Å². The van der Waals surface area contributed by atoms with Gasteiger partial charge in [0, 0.05) is 5.57 Å². The molecule has 0 aliphatic heterocycles. The van der Waals surface area contributed by atoms with E-state index in [1.54, 1.807) is 0 Å². The Morgan fingerprint density at radius 3 is 2.00 bits per heavy atom. The molecule has 7 heavy (non-hydrogen) atoms. The summed E-state index contributed by atoms with van der Waals surface area (Å²) in [5.74, 6) is -0.769. The standard InChI is InChI=1S/C5H5FO/c1-4(3-7)5(2)6/h3H,1-2H2. The molecule has 2 heteroatoms. The van der Waals surface area contributed by atoms with Crippen molar-refractivity contribution in [3.05, 3.63) is 24.6 Å². The Morgan fingerprint density at radius 2 is 2.00 bits per heavy atom. The number of carbonyl (C=O) groups is 1. The van der Waals surface area contributed by atoms with Gasteiger partial charge in [0.1, 0.15) is 5.83 Å². The zero-order chi connectivity index (χ0) is 5.86. The van der Waals surface area contributed by atoms with Crippen LogP contribution in [0.4, 0.5) is 4.39 Å². The van der Waals surface area contributed by atoms with Gasteiger partial charge in [-0.15, -0.1) is 0 Å². The number of aldehydes is 1. The molecule has 0 bridgehead atoms. The van der Waals surface area contributed by atoms with E-state index in [0.29, 0.717) is 6.29 Å². The molecular weight excluding hydrogens is 95.1 g/mol. The molecule has 0 rings (SSSR count). The van der Waals surface area contributed by atoms with Crippen LogP contribution in [0.15, 0.2) is 24.6 Å². The SMILES string of the molecule is C=C(F)C(=C)C=O. The number of rotatable bonds is 2. The highest BCUT2D eigenvalue weighted by atomic mass is 19.1. The summed E-state index contributed by atoms with van der Waals surface area (Å²) in [5.41, 5.74) is -0.194. The summed E-state index contributed by atoms with van der Waals surface area (Å²) < 4.78 is 11.6. The molecule has 0 aliphatic carbocycles. The molecule has 0 aliphatic rings. The lowest BCUT2D eigenvalue weighted by atomic mass is 10.3. The van der Waals surface area contributed by atoms with Crippen LogP contribution >= 0.6 is 0 Å². The Labute approximate surface area is 41.1 Å². The Morgan fingerprint density at radius 1 is 1.57 bits per heavy atom. The van der Waals surface area contributed by atoms with E-state index in [-0.39, 0.29) is 5.57 Å². The van der Waals surface area contributed by atoms with E-state index in [1.165, 1.54) is 0 Å². The zero-order valence-electron chi connectivity index (χ0n) is 3.78. The molecule has 0 amide bonds. The smallest absolute Gasteiger partial charge is 0.152 e. The minimum Gasteiger partial charge on any atom is -0.298 e. The second kappa shape index (κ2) is 2.29. The maximum absolute atomic E-state index is 11.6. The predicted octanol–water partition coefficient (Wildman–Crippen LogP) is 1.22. The Hall–Kier alpha value is -0.920. The van der Waals surface area contributed by atoms with Crippen LogP contribution in [0.3, 0.4) is 0 Å². The molecule has 0 atom stereocenters. The van der Waals surface area contributed by atoms with Crippen molar-refractivity contribution in [2.45, 2.75) is 0 Å². The van der Waals surface area contributed by atoms with Crippen LogP contribution in [0.1, 0.15) is 0 Å². The van der Waals surface area contributed by atoms with Crippen molar-refractivity contribution in [2.24, 2.45) is 0 Å². The molecule has 0 aromatic carbocycles. The van der Waals surface area contributed by atoms with Gasteiger partial charge in [-0.2, -0.15) is 0 Å². The number of allylic oxidation sites excluding steroid dienone is 2. The van der Waals surface area contributed by atoms with E-state index in [1.807, 2.05) is 0 Å². The van der Waals surface area contributed by atoms with Gasteiger partial charge in [-0.1, -0.05) is 13.2 Å². The average Bonchev–Trinajstić information content (AvgIpc) is 1.65. The van der Waals surface area contributed by atoms with E-state index in [0.717, 1.165) is 0 Å². The first-order valence-electron chi connectivity index (χ1n) is 1.67. The summed E-state index contributed by atoms with van der Waals surface area (Å²) >= 11 is 0. The van der Waals surface area contributed by atoms with E-state index < -0.39 is 5.83 Å². The van der Waals surface area contributed by atoms with Gasteiger partial charge in [-0.05, 0) is 0 Å². The molecule has 0 N–H and O–H groups in total. The van der Waals surface area contributed by atoms with Gasteiger partial charge in [0.05, 0.1) is 0 Å². The van der Waals surface area contributed by atoms with Crippen LogP contribution in [0, 0.1) is 0 Å². The first kappa shape index (κ1) is 6.08. The van der Waals surface area contributed by atoms with Crippen LogP contribution in [0.5, 0.6) is 0 Å². The predicted molar refractivity (Wildman–Crippen MR) is 25.5 cm³/mol. The first-order valence-corrected chi connectivity index (χ1v) is 1.67.